The summed E-state index contributed by atoms with van der Waals surface area (Å²) in [5, 5.41) is 5.81. The van der Waals surface area contributed by atoms with E-state index < -0.39 is 71.9 Å². The number of hydrogen-bond acceptors (Lipinski definition) is 10. The number of rotatable bonds is 18. The van der Waals surface area contributed by atoms with Gasteiger partial charge in [0.2, 0.25) is 17.7 Å². The Kier molecular flexibility index (Phi) is 19.1. The van der Waals surface area contributed by atoms with Crippen molar-refractivity contribution in [3.63, 3.8) is 0 Å². The van der Waals surface area contributed by atoms with Gasteiger partial charge in [-0.2, -0.15) is 0 Å². The number of amides is 6. The van der Waals surface area contributed by atoms with E-state index >= 15 is 0 Å². The van der Waals surface area contributed by atoms with Crippen molar-refractivity contribution in [1.29, 1.82) is 0 Å². The first-order valence-corrected chi connectivity index (χ1v) is 21.3. The zero-order valence-electron chi connectivity index (χ0n) is 38.0. The summed E-state index contributed by atoms with van der Waals surface area (Å²) in [4.78, 5) is 87.7. The van der Waals surface area contributed by atoms with E-state index in [4.69, 9.17) is 18.9 Å². The third kappa shape index (κ3) is 13.5. The number of nitrogens with one attached hydrogen (secondary N) is 2. The van der Waals surface area contributed by atoms with Crippen molar-refractivity contribution in [3.05, 3.63) is 35.9 Å². The van der Waals surface area contributed by atoms with Crippen molar-refractivity contribution >= 4 is 35.8 Å². The summed E-state index contributed by atoms with van der Waals surface area (Å²) in [6, 6.07) is 6.24. The number of carbonyl (C=O) groups is 6. The molecule has 6 amide bonds. The molecule has 338 valence electrons. The highest BCUT2D eigenvalue weighted by molar-refractivity contribution is 5.88. The number of carbonyl (C=O) groups excluding carboxylic acids is 6. The summed E-state index contributed by atoms with van der Waals surface area (Å²) in [7, 11) is 6.02. The largest absolute Gasteiger partial charge is 0.467 e. The van der Waals surface area contributed by atoms with Crippen LogP contribution < -0.4 is 10.6 Å². The molecule has 0 spiro atoms. The van der Waals surface area contributed by atoms with Crippen LogP contribution in [0, 0.1) is 17.8 Å². The average Bonchev–Trinajstić information content (AvgIpc) is 3.71. The summed E-state index contributed by atoms with van der Waals surface area (Å²) in [5.74, 6) is -2.51. The maximum absolute atomic E-state index is 14.3. The van der Waals surface area contributed by atoms with Gasteiger partial charge in [-0.25, -0.2) is 14.4 Å². The fourth-order valence-electron chi connectivity index (χ4n) is 8.17. The van der Waals surface area contributed by atoms with E-state index in [1.807, 2.05) is 58.0 Å². The SMILES string of the molecule is CC[C@H](C)[C@@H]([C@H](CC(=O)N1CCC[C@H]1[C@H](OC)[C@@H](C)C(=O)N[C@@H](Cc1ccccc1)C(=O)OC)OC)N(C)C(=O)[C@@H](NC(=O)N1CCN(C(=O)OC(C)(C)C)CC1)C(C)C. The summed E-state index contributed by atoms with van der Waals surface area (Å²) >= 11 is 0. The highest BCUT2D eigenvalue weighted by Crippen LogP contribution is 2.30. The van der Waals surface area contributed by atoms with Gasteiger partial charge in [-0.05, 0) is 51.0 Å². The van der Waals surface area contributed by atoms with Crippen LogP contribution in [0.1, 0.15) is 86.6 Å². The van der Waals surface area contributed by atoms with Crippen LogP contribution in [-0.4, -0.2) is 158 Å². The molecule has 2 fully saturated rings. The van der Waals surface area contributed by atoms with Gasteiger partial charge in [0.25, 0.3) is 0 Å². The standard InChI is InChI=1S/C44H72N6O10/c1-13-29(4)37(47(9)40(53)36(28(2)3)46-42(55)48-22-24-49(25-23-48)43(56)60-44(6,7)8)34(57-10)27-35(51)50-21-17-20-33(50)38(58-11)30(5)39(52)45-32(41(54)59-12)26-31-18-15-14-16-19-31/h14-16,18-19,28-30,32-34,36-38H,13,17,20-27H2,1-12H3,(H,45,52)(H,46,55)/t29-,30+,32-,33-,34-,36-,37-,38+/m0/s1. The highest BCUT2D eigenvalue weighted by Gasteiger charge is 2.43. The third-order valence-corrected chi connectivity index (χ3v) is 11.8. The molecule has 2 aliphatic rings. The molecule has 0 saturated carbocycles. The molecule has 0 radical (unpaired) electrons. The number of nitrogens with zero attached hydrogens (tertiary/aromatic N) is 4. The predicted molar refractivity (Wildman–Crippen MR) is 227 cm³/mol. The lowest BCUT2D eigenvalue weighted by molar-refractivity contribution is -0.148. The van der Waals surface area contributed by atoms with Crippen LogP contribution in [-0.2, 0) is 44.5 Å². The van der Waals surface area contributed by atoms with E-state index in [0.29, 0.717) is 38.9 Å². The van der Waals surface area contributed by atoms with E-state index in [9.17, 15) is 28.8 Å². The Bertz CT molecular complexity index is 1580. The van der Waals surface area contributed by atoms with Gasteiger partial charge in [0.15, 0.2) is 0 Å². The van der Waals surface area contributed by atoms with Gasteiger partial charge in [0, 0.05) is 60.4 Å². The summed E-state index contributed by atoms with van der Waals surface area (Å²) in [6.07, 6.45) is 0.456. The monoisotopic (exact) mass is 845 g/mol. The fourth-order valence-corrected chi connectivity index (χ4v) is 8.17. The molecule has 2 heterocycles. The summed E-state index contributed by atoms with van der Waals surface area (Å²) in [6.45, 7) is 16.6. The van der Waals surface area contributed by atoms with Gasteiger partial charge >= 0.3 is 18.1 Å². The van der Waals surface area contributed by atoms with E-state index in [1.165, 1.54) is 21.3 Å². The normalized spacial score (nSPS) is 19.4. The lowest BCUT2D eigenvalue weighted by atomic mass is 9.89. The molecule has 8 atom stereocenters. The number of piperazine rings is 1. The molecule has 16 heteroatoms. The number of benzene rings is 1. The second kappa shape index (κ2) is 23.0. The van der Waals surface area contributed by atoms with Crippen LogP contribution in [0.2, 0.25) is 0 Å². The van der Waals surface area contributed by atoms with Crippen molar-refractivity contribution in [1.82, 2.24) is 30.2 Å². The van der Waals surface area contributed by atoms with E-state index in [0.717, 1.165) is 5.56 Å². The zero-order valence-corrected chi connectivity index (χ0v) is 38.0. The van der Waals surface area contributed by atoms with Crippen molar-refractivity contribution in [2.24, 2.45) is 17.8 Å². The minimum atomic E-state index is -0.907. The minimum absolute atomic E-state index is 0.0290. The fraction of sp³-hybridized carbons (Fsp3) is 0.727. The number of hydrogen-bond donors (Lipinski definition) is 2. The molecule has 2 saturated heterocycles. The average molecular weight is 845 g/mol. The van der Waals surface area contributed by atoms with Crippen LogP contribution in [0.5, 0.6) is 0 Å². The van der Waals surface area contributed by atoms with E-state index in [1.54, 1.807) is 54.3 Å². The van der Waals surface area contributed by atoms with Crippen molar-refractivity contribution in [2.45, 2.75) is 129 Å². The molecule has 0 aliphatic carbocycles. The lowest BCUT2D eigenvalue weighted by Gasteiger charge is -2.41. The van der Waals surface area contributed by atoms with Gasteiger partial charge in [0.1, 0.15) is 17.7 Å². The minimum Gasteiger partial charge on any atom is -0.467 e. The Hall–Kier alpha value is -4.44. The summed E-state index contributed by atoms with van der Waals surface area (Å²) in [5.41, 5.74) is 0.235. The third-order valence-electron chi connectivity index (χ3n) is 11.8. The van der Waals surface area contributed by atoms with E-state index in [2.05, 4.69) is 10.6 Å². The first kappa shape index (κ1) is 49.9. The maximum Gasteiger partial charge on any atom is 0.410 e. The smallest absolute Gasteiger partial charge is 0.410 e. The lowest BCUT2D eigenvalue weighted by Crippen LogP contribution is -2.60. The molecule has 1 aromatic rings. The first-order chi connectivity index (χ1) is 28.3. The number of likely N-dealkylation sites (tertiary alicyclic amines) is 1. The van der Waals surface area contributed by atoms with Gasteiger partial charge in [-0.15, -0.1) is 0 Å². The number of likely N-dealkylation sites (N-methyl/N-ethyl adjacent to an activating group) is 1. The molecule has 1 aromatic carbocycles. The van der Waals surface area contributed by atoms with Crippen LogP contribution in [0.15, 0.2) is 30.3 Å². The van der Waals surface area contributed by atoms with Gasteiger partial charge in [-0.3, -0.25) is 14.4 Å². The predicted octanol–water partition coefficient (Wildman–Crippen LogP) is 4.09. The first-order valence-electron chi connectivity index (χ1n) is 21.3. The van der Waals surface area contributed by atoms with Crippen molar-refractivity contribution in [3.8, 4) is 0 Å². The Morgan fingerprint density at radius 1 is 0.867 bits per heavy atom. The molecule has 0 unspecified atom stereocenters. The Balaban J connectivity index is 1.72. The molecule has 16 nitrogen and oxygen atoms in total. The Morgan fingerprint density at radius 3 is 2.02 bits per heavy atom. The highest BCUT2D eigenvalue weighted by atomic mass is 16.6. The zero-order chi connectivity index (χ0) is 44.9. The molecule has 3 rings (SSSR count). The molecule has 2 N–H and O–H groups in total. The van der Waals surface area contributed by atoms with Gasteiger partial charge < -0.3 is 49.2 Å². The van der Waals surface area contributed by atoms with Crippen LogP contribution in [0.3, 0.4) is 0 Å². The maximum atomic E-state index is 14.3. The van der Waals surface area contributed by atoms with Crippen molar-refractivity contribution < 1.29 is 47.7 Å². The molecule has 2 aliphatic heterocycles. The molecular formula is C44H72N6O10. The number of ether oxygens (including phenoxy) is 4. The summed E-state index contributed by atoms with van der Waals surface area (Å²) < 4.78 is 22.4. The van der Waals surface area contributed by atoms with E-state index in [-0.39, 0.29) is 49.6 Å². The number of esters is 1. The number of methoxy groups -OCH3 is 3. The van der Waals surface area contributed by atoms with Gasteiger partial charge in [-0.1, -0.05) is 71.4 Å². The van der Waals surface area contributed by atoms with Gasteiger partial charge in [0.05, 0.1) is 43.7 Å². The molecular weight excluding hydrogens is 773 g/mol. The molecule has 0 aromatic heterocycles. The molecule has 0 bridgehead atoms. The Morgan fingerprint density at radius 2 is 1.48 bits per heavy atom. The van der Waals surface area contributed by atoms with Crippen LogP contribution >= 0.6 is 0 Å². The topological polar surface area (TPSA) is 176 Å². The molecule has 60 heavy (non-hydrogen) atoms. The number of urea groups is 1. The second-order valence-corrected chi connectivity index (χ2v) is 17.5. The Labute approximate surface area is 357 Å². The van der Waals surface area contributed by atoms with Crippen molar-refractivity contribution in [2.75, 3.05) is 61.1 Å². The van der Waals surface area contributed by atoms with Crippen LogP contribution in [0.4, 0.5) is 9.59 Å². The van der Waals surface area contributed by atoms with Crippen LogP contribution in [0.25, 0.3) is 0 Å². The second-order valence-electron chi connectivity index (χ2n) is 17.5. The quantitative estimate of drug-likeness (QED) is 0.205.